The summed E-state index contributed by atoms with van der Waals surface area (Å²) in [7, 11) is -2.99. The highest BCUT2D eigenvalue weighted by atomic mass is 32.2. The average Bonchev–Trinajstić information content (AvgIpc) is 2.46. The number of anilines is 1. The van der Waals surface area contributed by atoms with E-state index in [1.54, 1.807) is 12.1 Å². The molecular formula is C15H15NO5S. The Morgan fingerprint density at radius 1 is 1.18 bits per heavy atom. The lowest BCUT2D eigenvalue weighted by atomic mass is 10.1. The van der Waals surface area contributed by atoms with Gasteiger partial charge in [-0.1, -0.05) is 18.2 Å². The second-order valence-electron chi connectivity index (χ2n) is 4.61. The third kappa shape index (κ3) is 3.44. The van der Waals surface area contributed by atoms with Crippen LogP contribution in [0.4, 0.5) is 5.69 Å². The largest absolute Gasteiger partial charge is 0.495 e. The van der Waals surface area contributed by atoms with E-state index in [9.17, 15) is 13.2 Å². The molecule has 0 bridgehead atoms. The van der Waals surface area contributed by atoms with E-state index in [2.05, 4.69) is 5.32 Å². The second-order valence-corrected chi connectivity index (χ2v) is 6.03. The highest BCUT2D eigenvalue weighted by Crippen LogP contribution is 2.28. The summed E-state index contributed by atoms with van der Waals surface area (Å²) in [5.74, 6) is -0.201. The van der Waals surface area contributed by atoms with Crippen LogP contribution in [-0.2, 0) is 10.1 Å². The standard InChI is InChI=1S/C15H15NO5S/c1-10-5-3-4-6-12(10)15(17)16-13-8-7-11(22(18,19)20)9-14(13)21-2/h3-9H,1-2H3,(H,16,17)(H,18,19,20). The Balaban J connectivity index is 2.34. The van der Waals surface area contributed by atoms with E-state index in [1.807, 2.05) is 19.1 Å². The van der Waals surface area contributed by atoms with Crippen LogP contribution >= 0.6 is 0 Å². The summed E-state index contributed by atoms with van der Waals surface area (Å²) in [5.41, 5.74) is 1.63. The lowest BCUT2D eigenvalue weighted by Gasteiger charge is -2.12. The number of hydrogen-bond acceptors (Lipinski definition) is 4. The summed E-state index contributed by atoms with van der Waals surface area (Å²) in [6.07, 6.45) is 0. The van der Waals surface area contributed by atoms with Crippen molar-refractivity contribution >= 4 is 21.7 Å². The molecule has 2 N–H and O–H groups in total. The van der Waals surface area contributed by atoms with E-state index in [1.165, 1.54) is 19.2 Å². The number of nitrogens with one attached hydrogen (secondary N) is 1. The van der Waals surface area contributed by atoms with Crippen LogP contribution in [0.3, 0.4) is 0 Å². The SMILES string of the molecule is COc1cc(S(=O)(=O)O)ccc1NC(=O)c1ccccc1C. The molecule has 0 aliphatic carbocycles. The number of rotatable bonds is 4. The molecule has 0 saturated heterocycles. The van der Waals surface area contributed by atoms with Gasteiger partial charge in [-0.3, -0.25) is 9.35 Å². The number of carbonyl (C=O) groups excluding carboxylic acids is 1. The molecule has 0 atom stereocenters. The van der Waals surface area contributed by atoms with E-state index in [0.717, 1.165) is 11.6 Å². The zero-order valence-electron chi connectivity index (χ0n) is 12.0. The zero-order valence-corrected chi connectivity index (χ0v) is 12.8. The molecule has 116 valence electrons. The Morgan fingerprint density at radius 3 is 2.45 bits per heavy atom. The molecule has 2 rings (SSSR count). The molecule has 0 heterocycles. The molecule has 0 spiro atoms. The monoisotopic (exact) mass is 321 g/mol. The van der Waals surface area contributed by atoms with Gasteiger partial charge in [0, 0.05) is 11.6 Å². The number of carbonyl (C=O) groups is 1. The van der Waals surface area contributed by atoms with Gasteiger partial charge in [0.05, 0.1) is 17.7 Å². The van der Waals surface area contributed by atoms with Gasteiger partial charge in [-0.2, -0.15) is 8.42 Å². The van der Waals surface area contributed by atoms with Crippen molar-refractivity contribution in [1.82, 2.24) is 0 Å². The van der Waals surface area contributed by atoms with Crippen molar-refractivity contribution in [2.45, 2.75) is 11.8 Å². The molecule has 7 heteroatoms. The van der Waals surface area contributed by atoms with Crippen LogP contribution in [-0.4, -0.2) is 26.0 Å². The van der Waals surface area contributed by atoms with Crippen LogP contribution in [0.15, 0.2) is 47.4 Å². The lowest BCUT2D eigenvalue weighted by Crippen LogP contribution is -2.14. The quantitative estimate of drug-likeness (QED) is 0.844. The van der Waals surface area contributed by atoms with E-state index in [-0.39, 0.29) is 16.6 Å². The van der Waals surface area contributed by atoms with E-state index < -0.39 is 10.1 Å². The Bertz CT molecular complexity index is 814. The van der Waals surface area contributed by atoms with Crippen LogP contribution in [0.25, 0.3) is 0 Å². The first-order chi connectivity index (χ1) is 10.3. The Morgan fingerprint density at radius 2 is 1.86 bits per heavy atom. The van der Waals surface area contributed by atoms with Crippen molar-refractivity contribution in [3.8, 4) is 5.75 Å². The van der Waals surface area contributed by atoms with Crippen molar-refractivity contribution in [2.75, 3.05) is 12.4 Å². The topological polar surface area (TPSA) is 92.7 Å². The smallest absolute Gasteiger partial charge is 0.294 e. The van der Waals surface area contributed by atoms with Crippen LogP contribution in [0.1, 0.15) is 15.9 Å². The van der Waals surface area contributed by atoms with Gasteiger partial charge < -0.3 is 10.1 Å². The Labute approximate surface area is 128 Å². The van der Waals surface area contributed by atoms with Gasteiger partial charge in [0.15, 0.2) is 0 Å². The second kappa shape index (κ2) is 6.17. The predicted molar refractivity (Wildman–Crippen MR) is 81.9 cm³/mol. The summed E-state index contributed by atoms with van der Waals surface area (Å²) < 4.78 is 36.3. The maximum Gasteiger partial charge on any atom is 0.294 e. The van der Waals surface area contributed by atoms with Crippen LogP contribution in [0.2, 0.25) is 0 Å². The lowest BCUT2D eigenvalue weighted by molar-refractivity contribution is 0.102. The van der Waals surface area contributed by atoms with E-state index >= 15 is 0 Å². The summed E-state index contributed by atoms with van der Waals surface area (Å²) in [6, 6.07) is 10.8. The first kappa shape index (κ1) is 16.0. The Kier molecular flexibility index (Phi) is 4.48. The summed E-state index contributed by atoms with van der Waals surface area (Å²) in [4.78, 5) is 11.9. The van der Waals surface area contributed by atoms with Crippen molar-refractivity contribution in [1.29, 1.82) is 0 Å². The molecule has 0 fully saturated rings. The minimum Gasteiger partial charge on any atom is -0.495 e. The average molecular weight is 321 g/mol. The molecule has 0 aliphatic rings. The van der Waals surface area contributed by atoms with Gasteiger partial charge in [-0.25, -0.2) is 0 Å². The highest BCUT2D eigenvalue weighted by molar-refractivity contribution is 7.85. The highest BCUT2D eigenvalue weighted by Gasteiger charge is 2.16. The molecule has 22 heavy (non-hydrogen) atoms. The van der Waals surface area contributed by atoms with Crippen LogP contribution in [0, 0.1) is 6.92 Å². The molecule has 1 amide bonds. The van der Waals surface area contributed by atoms with Crippen molar-refractivity contribution in [2.24, 2.45) is 0 Å². The maximum absolute atomic E-state index is 12.3. The molecular weight excluding hydrogens is 306 g/mol. The first-order valence-corrected chi connectivity index (χ1v) is 7.79. The van der Waals surface area contributed by atoms with Crippen LogP contribution < -0.4 is 10.1 Å². The van der Waals surface area contributed by atoms with Gasteiger partial charge >= 0.3 is 0 Å². The molecule has 0 aliphatic heterocycles. The molecule has 0 saturated carbocycles. The number of aryl methyl sites for hydroxylation is 1. The van der Waals surface area contributed by atoms with Crippen molar-refractivity contribution in [3.63, 3.8) is 0 Å². The normalized spacial score (nSPS) is 11.0. The number of methoxy groups -OCH3 is 1. The van der Waals surface area contributed by atoms with Gasteiger partial charge in [0.1, 0.15) is 5.75 Å². The third-order valence-electron chi connectivity index (χ3n) is 3.11. The Hall–Kier alpha value is -2.38. The minimum atomic E-state index is -4.33. The van der Waals surface area contributed by atoms with E-state index in [4.69, 9.17) is 9.29 Å². The fourth-order valence-corrected chi connectivity index (χ4v) is 2.45. The number of benzene rings is 2. The first-order valence-electron chi connectivity index (χ1n) is 6.35. The van der Waals surface area contributed by atoms with Crippen LogP contribution in [0.5, 0.6) is 5.75 Å². The zero-order chi connectivity index (χ0) is 16.3. The molecule has 6 nitrogen and oxygen atoms in total. The van der Waals surface area contributed by atoms with Crippen molar-refractivity contribution < 1.29 is 22.5 Å². The fourth-order valence-electron chi connectivity index (χ4n) is 1.95. The third-order valence-corrected chi connectivity index (χ3v) is 3.96. The molecule has 2 aromatic carbocycles. The summed E-state index contributed by atoms with van der Waals surface area (Å²) in [5, 5.41) is 2.66. The van der Waals surface area contributed by atoms with E-state index in [0.29, 0.717) is 11.3 Å². The number of amides is 1. The molecule has 0 radical (unpaired) electrons. The summed E-state index contributed by atoms with van der Waals surface area (Å²) >= 11 is 0. The minimum absolute atomic E-state index is 0.136. The predicted octanol–water partition coefficient (Wildman–Crippen LogP) is 2.50. The van der Waals surface area contributed by atoms with Gasteiger partial charge in [-0.15, -0.1) is 0 Å². The molecule has 0 unspecified atom stereocenters. The molecule has 0 aromatic heterocycles. The van der Waals surface area contributed by atoms with Gasteiger partial charge in [0.2, 0.25) is 0 Å². The number of hydrogen-bond donors (Lipinski definition) is 2. The maximum atomic E-state index is 12.3. The molecule has 2 aromatic rings. The van der Waals surface area contributed by atoms with Gasteiger partial charge in [-0.05, 0) is 30.7 Å². The fraction of sp³-hybridized carbons (Fsp3) is 0.133. The van der Waals surface area contributed by atoms with Gasteiger partial charge in [0.25, 0.3) is 16.0 Å². The van der Waals surface area contributed by atoms with Crippen molar-refractivity contribution in [3.05, 3.63) is 53.6 Å². The summed E-state index contributed by atoms with van der Waals surface area (Å²) in [6.45, 7) is 1.81. The number of ether oxygens (including phenoxy) is 1.